The predicted molar refractivity (Wildman–Crippen MR) is 176 cm³/mol. The van der Waals surface area contributed by atoms with Crippen LogP contribution in [-0.4, -0.2) is 0 Å². The molecule has 0 unspecified atom stereocenters. The SMILES string of the molecule is Cc1cc2ccc(N(c3ccc4c(c3)C(C)(C)c3ccccc3-4)c3ccc4c(c3)C(C)(C)c3ccccc3-4)cc2s1. The van der Waals surface area contributed by atoms with Crippen LogP contribution in [0.4, 0.5) is 17.1 Å². The number of thiophene rings is 1. The molecule has 2 heteroatoms. The maximum Gasteiger partial charge on any atom is 0.0476 e. The zero-order valence-electron chi connectivity index (χ0n) is 24.2. The molecule has 200 valence electrons. The van der Waals surface area contributed by atoms with Crippen molar-refractivity contribution in [3.8, 4) is 22.3 Å². The predicted octanol–water partition coefficient (Wildman–Crippen LogP) is 11.3. The van der Waals surface area contributed by atoms with Crippen molar-refractivity contribution in [2.24, 2.45) is 0 Å². The largest absolute Gasteiger partial charge is 0.310 e. The quantitative estimate of drug-likeness (QED) is 0.213. The van der Waals surface area contributed by atoms with Gasteiger partial charge in [-0.3, -0.25) is 0 Å². The summed E-state index contributed by atoms with van der Waals surface area (Å²) in [7, 11) is 0. The molecule has 6 aromatic rings. The van der Waals surface area contributed by atoms with Gasteiger partial charge in [-0.1, -0.05) is 94.4 Å². The lowest BCUT2D eigenvalue weighted by molar-refractivity contribution is 0.660. The van der Waals surface area contributed by atoms with E-state index >= 15 is 0 Å². The lowest BCUT2D eigenvalue weighted by atomic mass is 9.82. The van der Waals surface area contributed by atoms with Gasteiger partial charge in [0.25, 0.3) is 0 Å². The topological polar surface area (TPSA) is 3.24 Å². The first-order chi connectivity index (χ1) is 19.7. The normalized spacial score (nSPS) is 15.3. The van der Waals surface area contributed by atoms with Crippen LogP contribution in [0.2, 0.25) is 0 Å². The maximum absolute atomic E-state index is 2.47. The molecule has 0 aliphatic heterocycles. The number of hydrogen-bond acceptors (Lipinski definition) is 2. The lowest BCUT2D eigenvalue weighted by Gasteiger charge is -2.29. The van der Waals surface area contributed by atoms with Gasteiger partial charge in [0.15, 0.2) is 0 Å². The van der Waals surface area contributed by atoms with Gasteiger partial charge in [0.05, 0.1) is 0 Å². The first kappa shape index (κ1) is 24.6. The Hall–Kier alpha value is -4.14. The van der Waals surface area contributed by atoms with Gasteiger partial charge in [-0.15, -0.1) is 11.3 Å². The van der Waals surface area contributed by atoms with Crippen LogP contribution in [0, 0.1) is 6.92 Å². The van der Waals surface area contributed by atoms with Crippen LogP contribution < -0.4 is 4.90 Å². The minimum absolute atomic E-state index is 0.0516. The number of aryl methyl sites for hydroxylation is 1. The molecule has 2 aliphatic rings. The Kier molecular flexibility index (Phi) is 5.07. The zero-order valence-corrected chi connectivity index (χ0v) is 25.1. The number of hydrogen-bond donors (Lipinski definition) is 0. The number of fused-ring (bicyclic) bond motifs is 7. The molecule has 0 spiro atoms. The molecule has 0 saturated carbocycles. The van der Waals surface area contributed by atoms with Crippen molar-refractivity contribution in [3.05, 3.63) is 136 Å². The average Bonchev–Trinajstić information content (AvgIpc) is 3.54. The minimum atomic E-state index is -0.0516. The third-order valence-corrected chi connectivity index (χ3v) is 10.5. The van der Waals surface area contributed by atoms with Crippen LogP contribution in [0.5, 0.6) is 0 Å². The maximum atomic E-state index is 2.47. The average molecular weight is 548 g/mol. The van der Waals surface area contributed by atoms with Crippen molar-refractivity contribution >= 4 is 38.5 Å². The van der Waals surface area contributed by atoms with E-state index in [1.54, 1.807) is 0 Å². The summed E-state index contributed by atoms with van der Waals surface area (Å²) in [5.41, 5.74) is 14.5. The van der Waals surface area contributed by atoms with E-state index in [9.17, 15) is 0 Å². The van der Waals surface area contributed by atoms with Crippen molar-refractivity contribution in [3.63, 3.8) is 0 Å². The number of benzene rings is 5. The highest BCUT2D eigenvalue weighted by Crippen LogP contribution is 2.53. The fraction of sp³-hybridized carbons (Fsp3) is 0.179. The van der Waals surface area contributed by atoms with Crippen LogP contribution >= 0.6 is 11.3 Å². The van der Waals surface area contributed by atoms with Crippen molar-refractivity contribution < 1.29 is 0 Å². The van der Waals surface area contributed by atoms with E-state index in [2.05, 4.69) is 149 Å². The molecule has 0 amide bonds. The Morgan fingerprint density at radius 2 is 0.951 bits per heavy atom. The molecule has 2 aliphatic carbocycles. The molecule has 8 rings (SSSR count). The van der Waals surface area contributed by atoms with E-state index in [0.717, 1.165) is 0 Å². The summed E-state index contributed by atoms with van der Waals surface area (Å²) in [6.45, 7) is 11.6. The molecule has 1 nitrogen and oxygen atoms in total. The van der Waals surface area contributed by atoms with Crippen molar-refractivity contribution in [2.75, 3.05) is 4.90 Å². The smallest absolute Gasteiger partial charge is 0.0476 e. The van der Waals surface area contributed by atoms with Crippen molar-refractivity contribution in [1.29, 1.82) is 0 Å². The van der Waals surface area contributed by atoms with Gasteiger partial charge >= 0.3 is 0 Å². The van der Waals surface area contributed by atoms with E-state index in [4.69, 9.17) is 0 Å². The van der Waals surface area contributed by atoms with Gasteiger partial charge in [0.2, 0.25) is 0 Å². The molecule has 1 aromatic heterocycles. The standard InChI is InChI=1S/C39H33NS/c1-24-20-25-14-15-28(23-37(25)41-24)40(26-16-18-31-29-10-6-8-12-33(29)38(2,3)35(31)21-26)27-17-19-32-30-11-7-9-13-34(30)39(4,5)36(32)22-27/h6-23H,1-5H3. The summed E-state index contributed by atoms with van der Waals surface area (Å²) in [4.78, 5) is 3.81. The van der Waals surface area contributed by atoms with Gasteiger partial charge in [0.1, 0.15) is 0 Å². The van der Waals surface area contributed by atoms with E-state index < -0.39 is 0 Å². The van der Waals surface area contributed by atoms with Gasteiger partial charge in [-0.25, -0.2) is 0 Å². The molecule has 0 atom stereocenters. The first-order valence-electron chi connectivity index (χ1n) is 14.5. The molecule has 0 saturated heterocycles. The van der Waals surface area contributed by atoms with Gasteiger partial charge in [-0.2, -0.15) is 0 Å². The Morgan fingerprint density at radius 3 is 1.51 bits per heavy atom. The fourth-order valence-electron chi connectivity index (χ4n) is 7.40. The Morgan fingerprint density at radius 1 is 0.488 bits per heavy atom. The molecule has 0 fully saturated rings. The lowest BCUT2D eigenvalue weighted by Crippen LogP contribution is -2.18. The van der Waals surface area contributed by atoms with Gasteiger partial charge in [-0.05, 0) is 99.3 Å². The summed E-state index contributed by atoms with van der Waals surface area (Å²) in [5, 5.41) is 1.31. The second kappa shape index (κ2) is 8.44. The number of anilines is 3. The molecule has 5 aromatic carbocycles. The summed E-state index contributed by atoms with van der Waals surface area (Å²) in [5.74, 6) is 0. The van der Waals surface area contributed by atoms with Crippen LogP contribution in [0.15, 0.2) is 109 Å². The minimum Gasteiger partial charge on any atom is -0.310 e. The van der Waals surface area contributed by atoms with E-state index in [0.29, 0.717) is 0 Å². The fourth-order valence-corrected chi connectivity index (χ4v) is 8.36. The van der Waals surface area contributed by atoms with E-state index in [1.807, 2.05) is 11.3 Å². The summed E-state index contributed by atoms with van der Waals surface area (Å²) in [6.07, 6.45) is 0. The molecule has 41 heavy (non-hydrogen) atoms. The second-order valence-electron chi connectivity index (χ2n) is 12.7. The second-order valence-corrected chi connectivity index (χ2v) is 14.0. The van der Waals surface area contributed by atoms with E-state index in [-0.39, 0.29) is 10.8 Å². The third kappa shape index (κ3) is 3.47. The monoisotopic (exact) mass is 547 g/mol. The highest BCUT2D eigenvalue weighted by atomic mass is 32.1. The van der Waals surface area contributed by atoms with Crippen LogP contribution in [0.1, 0.15) is 54.8 Å². The molecule has 0 radical (unpaired) electrons. The summed E-state index contributed by atoms with van der Waals surface area (Å²) in [6, 6.07) is 41.2. The summed E-state index contributed by atoms with van der Waals surface area (Å²) >= 11 is 1.87. The number of rotatable bonds is 3. The van der Waals surface area contributed by atoms with Gasteiger partial charge < -0.3 is 4.90 Å². The molecule has 0 bridgehead atoms. The first-order valence-corrected chi connectivity index (χ1v) is 15.3. The van der Waals surface area contributed by atoms with Crippen molar-refractivity contribution in [2.45, 2.75) is 45.4 Å². The Balaban J connectivity index is 1.34. The highest BCUT2D eigenvalue weighted by molar-refractivity contribution is 7.19. The van der Waals surface area contributed by atoms with Crippen molar-refractivity contribution in [1.82, 2.24) is 0 Å². The summed E-state index contributed by atoms with van der Waals surface area (Å²) < 4.78 is 1.33. The van der Waals surface area contributed by atoms with Crippen LogP contribution in [0.25, 0.3) is 32.3 Å². The van der Waals surface area contributed by atoms with E-state index in [1.165, 1.54) is 76.5 Å². The molecule has 0 N–H and O–H groups in total. The van der Waals surface area contributed by atoms with Crippen LogP contribution in [0.3, 0.4) is 0 Å². The Labute approximate surface area is 246 Å². The molecule has 1 heterocycles. The molecular formula is C39H33NS. The third-order valence-electron chi connectivity index (χ3n) is 9.54. The number of nitrogens with zero attached hydrogens (tertiary/aromatic N) is 1. The van der Waals surface area contributed by atoms with Crippen LogP contribution in [-0.2, 0) is 10.8 Å². The van der Waals surface area contributed by atoms with Gasteiger partial charge in [0, 0.05) is 37.5 Å². The zero-order chi connectivity index (χ0) is 28.1. The highest BCUT2D eigenvalue weighted by Gasteiger charge is 2.37. The molecular weight excluding hydrogens is 515 g/mol. The Bertz CT molecular complexity index is 1910.